The van der Waals surface area contributed by atoms with Gasteiger partial charge in [-0.05, 0) is 49.9 Å². The zero-order chi connectivity index (χ0) is 15.1. The largest absolute Gasteiger partial charge is 0.370 e. The van der Waals surface area contributed by atoms with Crippen molar-refractivity contribution >= 4 is 41.7 Å². The molecule has 6 heteroatoms. The zero-order valence-electron chi connectivity index (χ0n) is 13.4. The number of benzene rings is 1. The Morgan fingerprint density at radius 2 is 2.14 bits per heavy atom. The Morgan fingerprint density at radius 1 is 1.41 bits per heavy atom. The molecule has 1 heterocycles. The number of nitrogens with two attached hydrogens (primary N) is 1. The summed E-state index contributed by atoms with van der Waals surface area (Å²) in [7, 11) is 0. The van der Waals surface area contributed by atoms with Crippen molar-refractivity contribution in [2.45, 2.75) is 37.2 Å². The van der Waals surface area contributed by atoms with Crippen LogP contribution in [0.2, 0.25) is 0 Å². The third kappa shape index (κ3) is 5.96. The van der Waals surface area contributed by atoms with Gasteiger partial charge in [-0.25, -0.2) is 4.99 Å². The first-order chi connectivity index (χ1) is 10.2. The van der Waals surface area contributed by atoms with Crippen molar-refractivity contribution in [3.63, 3.8) is 0 Å². The third-order valence-electron chi connectivity index (χ3n) is 4.02. The SMILES string of the molecule is CCN1CCCC1CNC(N)=NCc1ccc(SC)cc1.I. The van der Waals surface area contributed by atoms with E-state index in [2.05, 4.69) is 52.7 Å². The quantitative estimate of drug-likeness (QED) is 0.313. The maximum Gasteiger partial charge on any atom is 0.188 e. The van der Waals surface area contributed by atoms with Gasteiger partial charge in [0.2, 0.25) is 0 Å². The highest BCUT2D eigenvalue weighted by Crippen LogP contribution is 2.16. The van der Waals surface area contributed by atoms with Crippen molar-refractivity contribution in [1.82, 2.24) is 10.2 Å². The molecule has 1 aliphatic rings. The van der Waals surface area contributed by atoms with Crippen LogP contribution in [0.3, 0.4) is 0 Å². The maximum absolute atomic E-state index is 5.96. The van der Waals surface area contributed by atoms with Crippen LogP contribution in [-0.2, 0) is 6.54 Å². The van der Waals surface area contributed by atoms with Gasteiger partial charge < -0.3 is 11.1 Å². The minimum Gasteiger partial charge on any atom is -0.370 e. The molecule has 1 aliphatic heterocycles. The number of hydrogen-bond acceptors (Lipinski definition) is 3. The molecule has 22 heavy (non-hydrogen) atoms. The first-order valence-corrected chi connectivity index (χ1v) is 8.86. The van der Waals surface area contributed by atoms with E-state index in [1.807, 2.05) is 0 Å². The van der Waals surface area contributed by atoms with Crippen LogP contribution in [0.15, 0.2) is 34.2 Å². The summed E-state index contributed by atoms with van der Waals surface area (Å²) in [6, 6.07) is 9.06. The van der Waals surface area contributed by atoms with Gasteiger partial charge in [0.25, 0.3) is 0 Å². The highest BCUT2D eigenvalue weighted by atomic mass is 127. The van der Waals surface area contributed by atoms with Crippen molar-refractivity contribution in [2.24, 2.45) is 10.7 Å². The second-order valence-corrected chi connectivity index (χ2v) is 6.23. The van der Waals surface area contributed by atoms with Gasteiger partial charge >= 0.3 is 0 Å². The minimum atomic E-state index is 0. The molecule has 124 valence electrons. The predicted octanol–water partition coefficient (Wildman–Crippen LogP) is 2.92. The number of hydrogen-bond donors (Lipinski definition) is 2. The number of halogens is 1. The monoisotopic (exact) mass is 434 g/mol. The van der Waals surface area contributed by atoms with Crippen molar-refractivity contribution in [1.29, 1.82) is 0 Å². The topological polar surface area (TPSA) is 53.6 Å². The molecule has 0 bridgehead atoms. The van der Waals surface area contributed by atoms with Crippen LogP contribution in [0, 0.1) is 0 Å². The number of likely N-dealkylation sites (N-methyl/N-ethyl adjacent to an activating group) is 1. The molecule has 1 aromatic carbocycles. The number of rotatable bonds is 6. The molecular weight excluding hydrogens is 407 g/mol. The molecule has 1 fully saturated rings. The van der Waals surface area contributed by atoms with Gasteiger partial charge in [-0.2, -0.15) is 0 Å². The fourth-order valence-corrected chi connectivity index (χ4v) is 3.14. The lowest BCUT2D eigenvalue weighted by molar-refractivity contribution is 0.267. The molecule has 1 aromatic rings. The molecular formula is C16H27IN4S. The van der Waals surface area contributed by atoms with E-state index in [1.54, 1.807) is 11.8 Å². The van der Waals surface area contributed by atoms with Crippen molar-refractivity contribution in [3.8, 4) is 0 Å². The van der Waals surface area contributed by atoms with E-state index >= 15 is 0 Å². The van der Waals surface area contributed by atoms with Crippen LogP contribution in [0.1, 0.15) is 25.3 Å². The average molecular weight is 434 g/mol. The highest BCUT2D eigenvalue weighted by Gasteiger charge is 2.22. The van der Waals surface area contributed by atoms with Crippen LogP contribution < -0.4 is 11.1 Å². The molecule has 0 amide bonds. The molecule has 1 atom stereocenters. The van der Waals surface area contributed by atoms with Crippen molar-refractivity contribution in [2.75, 3.05) is 25.9 Å². The maximum atomic E-state index is 5.96. The standard InChI is InChI=1S/C16H26N4S.HI/c1-3-20-10-4-5-14(20)12-19-16(17)18-11-13-6-8-15(21-2)9-7-13;/h6-9,14H,3-5,10-12H2,1-2H3,(H3,17,18,19);1H. The number of likely N-dealkylation sites (tertiary alicyclic amines) is 1. The van der Waals surface area contributed by atoms with Gasteiger partial charge in [0, 0.05) is 17.5 Å². The average Bonchev–Trinajstić information content (AvgIpc) is 2.99. The van der Waals surface area contributed by atoms with E-state index in [9.17, 15) is 0 Å². The van der Waals surface area contributed by atoms with E-state index in [0.717, 1.165) is 13.1 Å². The van der Waals surface area contributed by atoms with Gasteiger partial charge in [0.15, 0.2) is 5.96 Å². The molecule has 0 saturated carbocycles. The van der Waals surface area contributed by atoms with Gasteiger partial charge in [-0.15, -0.1) is 35.7 Å². The first kappa shape index (κ1) is 19.6. The zero-order valence-corrected chi connectivity index (χ0v) is 16.6. The summed E-state index contributed by atoms with van der Waals surface area (Å²) < 4.78 is 0. The van der Waals surface area contributed by atoms with E-state index < -0.39 is 0 Å². The fraction of sp³-hybridized carbons (Fsp3) is 0.562. The van der Waals surface area contributed by atoms with Crippen LogP contribution in [-0.4, -0.2) is 42.8 Å². The normalized spacial score (nSPS) is 19.0. The summed E-state index contributed by atoms with van der Waals surface area (Å²) in [6.45, 7) is 6.07. The van der Waals surface area contributed by atoms with Crippen LogP contribution in [0.25, 0.3) is 0 Å². The van der Waals surface area contributed by atoms with E-state index in [1.165, 1.54) is 29.8 Å². The Balaban J connectivity index is 0.00000242. The third-order valence-corrected chi connectivity index (χ3v) is 4.76. The van der Waals surface area contributed by atoms with E-state index in [-0.39, 0.29) is 24.0 Å². The predicted molar refractivity (Wildman–Crippen MR) is 107 cm³/mol. The summed E-state index contributed by atoms with van der Waals surface area (Å²) in [5.41, 5.74) is 7.15. The smallest absolute Gasteiger partial charge is 0.188 e. The Morgan fingerprint density at radius 3 is 2.77 bits per heavy atom. The van der Waals surface area contributed by atoms with Crippen LogP contribution >= 0.6 is 35.7 Å². The molecule has 0 radical (unpaired) electrons. The number of thioether (sulfide) groups is 1. The minimum absolute atomic E-state index is 0. The van der Waals surface area contributed by atoms with Crippen molar-refractivity contribution < 1.29 is 0 Å². The molecule has 1 unspecified atom stereocenters. The lowest BCUT2D eigenvalue weighted by Gasteiger charge is -2.23. The molecule has 1 saturated heterocycles. The van der Waals surface area contributed by atoms with Gasteiger partial charge in [0.1, 0.15) is 0 Å². The molecule has 4 nitrogen and oxygen atoms in total. The highest BCUT2D eigenvalue weighted by molar-refractivity contribution is 14.0. The summed E-state index contributed by atoms with van der Waals surface area (Å²) in [4.78, 5) is 8.19. The summed E-state index contributed by atoms with van der Waals surface area (Å²) in [5, 5.41) is 3.26. The molecule has 0 aliphatic carbocycles. The first-order valence-electron chi connectivity index (χ1n) is 7.63. The summed E-state index contributed by atoms with van der Waals surface area (Å²) in [6.07, 6.45) is 4.63. The molecule has 0 aromatic heterocycles. The molecule has 2 rings (SSSR count). The Kier molecular flexibility index (Phi) is 9.19. The number of nitrogens with one attached hydrogen (secondary N) is 1. The lowest BCUT2D eigenvalue weighted by atomic mass is 10.2. The lowest BCUT2D eigenvalue weighted by Crippen LogP contribution is -2.42. The van der Waals surface area contributed by atoms with E-state index in [0.29, 0.717) is 18.5 Å². The number of nitrogens with zero attached hydrogens (tertiary/aromatic N) is 2. The van der Waals surface area contributed by atoms with Gasteiger partial charge in [-0.1, -0.05) is 19.1 Å². The summed E-state index contributed by atoms with van der Waals surface area (Å²) >= 11 is 1.75. The Labute approximate surface area is 155 Å². The number of guanidine groups is 1. The second kappa shape index (κ2) is 10.3. The van der Waals surface area contributed by atoms with Crippen LogP contribution in [0.4, 0.5) is 0 Å². The Bertz CT molecular complexity index is 464. The summed E-state index contributed by atoms with van der Waals surface area (Å²) in [5.74, 6) is 0.548. The van der Waals surface area contributed by atoms with Crippen LogP contribution in [0.5, 0.6) is 0 Å². The van der Waals surface area contributed by atoms with E-state index in [4.69, 9.17) is 5.73 Å². The Hall–Kier alpha value is -0.470. The van der Waals surface area contributed by atoms with Gasteiger partial charge in [-0.3, -0.25) is 4.90 Å². The van der Waals surface area contributed by atoms with Crippen molar-refractivity contribution in [3.05, 3.63) is 29.8 Å². The second-order valence-electron chi connectivity index (χ2n) is 5.36. The molecule has 3 N–H and O–H groups in total. The number of aliphatic imine (C=N–C) groups is 1. The van der Waals surface area contributed by atoms with Gasteiger partial charge in [0.05, 0.1) is 6.54 Å². The molecule has 0 spiro atoms. The fourth-order valence-electron chi connectivity index (χ4n) is 2.73.